The molecule has 3 nitrogen and oxygen atoms in total. The van der Waals surface area contributed by atoms with Crippen molar-refractivity contribution in [1.29, 1.82) is 5.26 Å². The Balaban J connectivity index is 2.42. The highest BCUT2D eigenvalue weighted by Crippen LogP contribution is 2.19. The quantitative estimate of drug-likeness (QED) is 0.765. The van der Waals surface area contributed by atoms with Gasteiger partial charge in [-0.3, -0.25) is 0 Å². The zero-order chi connectivity index (χ0) is 14.3. The van der Waals surface area contributed by atoms with Gasteiger partial charge in [-0.25, -0.2) is 0 Å². The summed E-state index contributed by atoms with van der Waals surface area (Å²) in [6, 6.07) is 8.49. The summed E-state index contributed by atoms with van der Waals surface area (Å²) >= 11 is 0. The van der Waals surface area contributed by atoms with E-state index in [2.05, 4.69) is 37.4 Å². The molecule has 0 fully saturated rings. The number of nitriles is 1. The molecule has 1 atom stereocenters. The Labute approximate surface area is 116 Å². The summed E-state index contributed by atoms with van der Waals surface area (Å²) < 4.78 is 5.73. The highest BCUT2D eigenvalue weighted by atomic mass is 16.5. The highest BCUT2D eigenvalue weighted by molar-refractivity contribution is 5.33. The third-order valence-corrected chi connectivity index (χ3v) is 3.79. The first-order chi connectivity index (χ1) is 9.06. The van der Waals surface area contributed by atoms with Crippen molar-refractivity contribution in [2.45, 2.75) is 45.6 Å². The number of benzene rings is 1. The molecule has 0 radical (unpaired) electrons. The zero-order valence-corrected chi connectivity index (χ0v) is 12.4. The summed E-state index contributed by atoms with van der Waals surface area (Å²) in [5.74, 6) is 0.909. The smallest absolute Gasteiger partial charge is 0.119 e. The molecule has 0 aliphatic rings. The molecule has 1 rings (SSSR count). The summed E-state index contributed by atoms with van der Waals surface area (Å²) in [7, 11) is 1.84. The van der Waals surface area contributed by atoms with Crippen LogP contribution in [0.25, 0.3) is 0 Å². The molecule has 1 aromatic carbocycles. The average Bonchev–Trinajstić information content (AvgIpc) is 2.44. The van der Waals surface area contributed by atoms with E-state index in [-0.39, 0.29) is 0 Å². The van der Waals surface area contributed by atoms with Gasteiger partial charge in [0.1, 0.15) is 11.3 Å². The summed E-state index contributed by atoms with van der Waals surface area (Å²) in [5.41, 5.74) is 2.11. The predicted molar refractivity (Wildman–Crippen MR) is 78.3 cm³/mol. The fourth-order valence-electron chi connectivity index (χ4n) is 2.04. The van der Waals surface area contributed by atoms with Gasteiger partial charge in [0.15, 0.2) is 0 Å². The first kappa shape index (κ1) is 15.5. The largest absolute Gasteiger partial charge is 0.494 e. The number of ether oxygens (including phenoxy) is 1. The van der Waals surface area contributed by atoms with Crippen LogP contribution >= 0.6 is 0 Å². The normalized spacial score (nSPS) is 13.6. The van der Waals surface area contributed by atoms with Gasteiger partial charge in [0.2, 0.25) is 0 Å². The van der Waals surface area contributed by atoms with Gasteiger partial charge in [-0.05, 0) is 63.4 Å². The fourth-order valence-corrected chi connectivity index (χ4v) is 2.04. The molecule has 1 unspecified atom stereocenters. The molecule has 0 aliphatic heterocycles. The number of nitrogens with one attached hydrogen (secondary N) is 1. The van der Waals surface area contributed by atoms with E-state index >= 15 is 0 Å². The maximum absolute atomic E-state index is 9.21. The first-order valence-electron chi connectivity index (χ1n) is 6.87. The minimum Gasteiger partial charge on any atom is -0.494 e. The van der Waals surface area contributed by atoms with E-state index in [9.17, 15) is 5.26 Å². The number of hydrogen-bond donors (Lipinski definition) is 1. The molecule has 0 spiro atoms. The van der Waals surface area contributed by atoms with E-state index < -0.39 is 5.54 Å². The number of nitrogens with zero attached hydrogens (tertiary/aromatic N) is 1. The molecule has 1 aromatic rings. The van der Waals surface area contributed by atoms with Crippen molar-refractivity contribution in [2.24, 2.45) is 0 Å². The van der Waals surface area contributed by atoms with Gasteiger partial charge in [-0.15, -0.1) is 0 Å². The van der Waals surface area contributed by atoms with Crippen LogP contribution in [0.3, 0.4) is 0 Å². The van der Waals surface area contributed by atoms with Crippen molar-refractivity contribution in [3.63, 3.8) is 0 Å². The van der Waals surface area contributed by atoms with E-state index in [0.29, 0.717) is 6.61 Å². The van der Waals surface area contributed by atoms with Gasteiger partial charge in [0, 0.05) is 0 Å². The third kappa shape index (κ3) is 4.25. The summed E-state index contributed by atoms with van der Waals surface area (Å²) in [6.45, 7) is 6.85. The zero-order valence-electron chi connectivity index (χ0n) is 12.4. The lowest BCUT2D eigenvalue weighted by atomic mass is 9.92. The lowest BCUT2D eigenvalue weighted by Crippen LogP contribution is -2.41. The molecule has 19 heavy (non-hydrogen) atoms. The molecule has 3 heteroatoms. The van der Waals surface area contributed by atoms with Crippen LogP contribution in [0, 0.1) is 25.2 Å². The minimum atomic E-state index is -0.410. The van der Waals surface area contributed by atoms with Crippen LogP contribution in [0.15, 0.2) is 18.2 Å². The second-order valence-corrected chi connectivity index (χ2v) is 5.00. The minimum absolute atomic E-state index is 0.410. The van der Waals surface area contributed by atoms with Gasteiger partial charge >= 0.3 is 0 Å². The lowest BCUT2D eigenvalue weighted by molar-refractivity contribution is 0.281. The Morgan fingerprint density at radius 3 is 2.58 bits per heavy atom. The number of aryl methyl sites for hydroxylation is 2. The summed E-state index contributed by atoms with van der Waals surface area (Å²) in [4.78, 5) is 0. The first-order valence-corrected chi connectivity index (χ1v) is 6.87. The Bertz CT molecular complexity index is 445. The predicted octanol–water partition coefficient (Wildman–Crippen LogP) is 3.35. The van der Waals surface area contributed by atoms with Crippen molar-refractivity contribution in [3.8, 4) is 11.8 Å². The Morgan fingerprint density at radius 1 is 1.32 bits per heavy atom. The average molecular weight is 260 g/mol. The van der Waals surface area contributed by atoms with Crippen LogP contribution < -0.4 is 10.1 Å². The molecule has 0 amide bonds. The van der Waals surface area contributed by atoms with Gasteiger partial charge in [0.05, 0.1) is 12.7 Å². The maximum atomic E-state index is 9.21. The molecule has 0 aromatic heterocycles. The molecular weight excluding hydrogens is 236 g/mol. The lowest BCUT2D eigenvalue weighted by Gasteiger charge is -2.24. The van der Waals surface area contributed by atoms with Gasteiger partial charge in [-0.2, -0.15) is 5.26 Å². The Morgan fingerprint density at radius 2 is 2.05 bits per heavy atom. The second kappa shape index (κ2) is 7.16. The van der Waals surface area contributed by atoms with Crippen LogP contribution in [0.2, 0.25) is 0 Å². The van der Waals surface area contributed by atoms with E-state index in [1.165, 1.54) is 11.1 Å². The standard InChI is InChI=1S/C16H24N2O/c1-5-16(12-17,18-4)9-6-10-19-15-8-7-13(2)14(3)11-15/h7-8,11,18H,5-6,9-10H2,1-4H3. The monoisotopic (exact) mass is 260 g/mol. The van der Waals surface area contributed by atoms with Gasteiger partial charge in [0.25, 0.3) is 0 Å². The topological polar surface area (TPSA) is 45.0 Å². The molecule has 0 heterocycles. The highest BCUT2D eigenvalue weighted by Gasteiger charge is 2.24. The molecule has 1 N–H and O–H groups in total. The molecule has 0 bridgehead atoms. The van der Waals surface area contributed by atoms with Crippen LogP contribution in [-0.4, -0.2) is 19.2 Å². The molecule has 0 saturated heterocycles. The molecule has 0 aliphatic carbocycles. The van der Waals surface area contributed by atoms with Crippen molar-refractivity contribution >= 4 is 0 Å². The van der Waals surface area contributed by atoms with E-state index in [4.69, 9.17) is 4.74 Å². The molecule has 0 saturated carbocycles. The van der Waals surface area contributed by atoms with Crippen molar-refractivity contribution in [2.75, 3.05) is 13.7 Å². The summed E-state index contributed by atoms with van der Waals surface area (Å²) in [6.07, 6.45) is 2.49. The maximum Gasteiger partial charge on any atom is 0.119 e. The van der Waals surface area contributed by atoms with Crippen LogP contribution in [0.4, 0.5) is 0 Å². The van der Waals surface area contributed by atoms with E-state index in [1.807, 2.05) is 20.0 Å². The van der Waals surface area contributed by atoms with E-state index in [1.54, 1.807) is 0 Å². The van der Waals surface area contributed by atoms with Crippen molar-refractivity contribution in [3.05, 3.63) is 29.3 Å². The van der Waals surface area contributed by atoms with Crippen molar-refractivity contribution < 1.29 is 4.74 Å². The molecular formula is C16H24N2O. The van der Waals surface area contributed by atoms with Gasteiger partial charge < -0.3 is 10.1 Å². The number of rotatable bonds is 7. The van der Waals surface area contributed by atoms with Crippen molar-refractivity contribution in [1.82, 2.24) is 5.32 Å². The summed E-state index contributed by atoms with van der Waals surface area (Å²) in [5, 5.41) is 12.3. The van der Waals surface area contributed by atoms with Crippen LogP contribution in [0.5, 0.6) is 5.75 Å². The molecule has 104 valence electrons. The SMILES string of the molecule is CCC(C#N)(CCCOc1ccc(C)c(C)c1)NC. The van der Waals surface area contributed by atoms with E-state index in [0.717, 1.165) is 25.0 Å². The van der Waals surface area contributed by atoms with Crippen LogP contribution in [-0.2, 0) is 0 Å². The fraction of sp³-hybridized carbons (Fsp3) is 0.562. The second-order valence-electron chi connectivity index (χ2n) is 5.00. The number of hydrogen-bond acceptors (Lipinski definition) is 3. The third-order valence-electron chi connectivity index (χ3n) is 3.79. The van der Waals surface area contributed by atoms with Gasteiger partial charge in [-0.1, -0.05) is 13.0 Å². The van der Waals surface area contributed by atoms with Crippen LogP contribution in [0.1, 0.15) is 37.3 Å². The Hall–Kier alpha value is -1.53. The Kier molecular flexibility index (Phi) is 5.85.